The van der Waals surface area contributed by atoms with Crippen LogP contribution in [0.3, 0.4) is 0 Å². The van der Waals surface area contributed by atoms with E-state index in [-0.39, 0.29) is 31.4 Å². The fourth-order valence-corrected chi connectivity index (χ4v) is 5.18. The van der Waals surface area contributed by atoms with Crippen molar-refractivity contribution in [3.63, 3.8) is 0 Å². The molecule has 0 spiro atoms. The van der Waals surface area contributed by atoms with Crippen LogP contribution >= 0.6 is 23.1 Å². The topological polar surface area (TPSA) is 131 Å². The summed E-state index contributed by atoms with van der Waals surface area (Å²) in [7, 11) is 1.32. The number of β-lactam (4-membered cyclic amide) rings is 1. The average molecular weight is 413 g/mol. The van der Waals surface area contributed by atoms with Crippen LogP contribution < -0.4 is 11.1 Å². The molecule has 9 nitrogen and oxygen atoms in total. The SMILES string of the molecule is CO[C@@]1(NC(=O)Cc2cccs2)C(=O)N2C(C(=O)O)=C(COCN)CS[C@@H]21. The first-order valence-electron chi connectivity index (χ1n) is 8.01. The van der Waals surface area contributed by atoms with Crippen LogP contribution in [0.1, 0.15) is 4.88 Å². The summed E-state index contributed by atoms with van der Waals surface area (Å²) >= 11 is 2.74. The smallest absolute Gasteiger partial charge is 0.352 e. The van der Waals surface area contributed by atoms with Crippen molar-refractivity contribution in [2.45, 2.75) is 17.5 Å². The summed E-state index contributed by atoms with van der Waals surface area (Å²) in [6, 6.07) is 3.66. The van der Waals surface area contributed by atoms with Gasteiger partial charge in [0.2, 0.25) is 5.91 Å². The highest BCUT2D eigenvalue weighted by atomic mass is 32.2. The Balaban J connectivity index is 1.81. The van der Waals surface area contributed by atoms with Crippen LogP contribution in [0.25, 0.3) is 0 Å². The molecule has 0 bridgehead atoms. The van der Waals surface area contributed by atoms with Crippen molar-refractivity contribution in [1.82, 2.24) is 10.2 Å². The minimum atomic E-state index is -1.58. The highest BCUT2D eigenvalue weighted by Crippen LogP contribution is 2.46. The van der Waals surface area contributed by atoms with Crippen molar-refractivity contribution in [3.8, 4) is 0 Å². The standard InChI is InChI=1S/C16H19N3O6S2/c1-24-16(18-11(20)5-10-3-2-4-26-10)14(23)19-12(13(21)22)9(6-25-8-17)7-27-15(16)19/h2-4,15H,5-8,17H2,1H3,(H,18,20)(H,21,22)/t15-,16+/m1/s1. The van der Waals surface area contributed by atoms with Gasteiger partial charge >= 0.3 is 5.97 Å². The minimum Gasteiger partial charge on any atom is -0.477 e. The second kappa shape index (κ2) is 7.98. The maximum absolute atomic E-state index is 12.8. The van der Waals surface area contributed by atoms with Gasteiger partial charge < -0.3 is 25.6 Å². The molecule has 0 radical (unpaired) electrons. The zero-order valence-corrected chi connectivity index (χ0v) is 16.1. The summed E-state index contributed by atoms with van der Waals surface area (Å²) < 4.78 is 10.5. The Kier molecular flexibility index (Phi) is 5.86. The van der Waals surface area contributed by atoms with E-state index in [4.69, 9.17) is 15.2 Å². The van der Waals surface area contributed by atoms with Gasteiger partial charge in [0.1, 0.15) is 11.1 Å². The molecule has 2 atom stereocenters. The molecule has 0 aromatic carbocycles. The van der Waals surface area contributed by atoms with Crippen molar-refractivity contribution in [3.05, 3.63) is 33.7 Å². The molecule has 0 aliphatic carbocycles. The summed E-state index contributed by atoms with van der Waals surface area (Å²) in [5.74, 6) is -1.91. The summed E-state index contributed by atoms with van der Waals surface area (Å²) in [4.78, 5) is 38.9. The molecule has 0 unspecified atom stereocenters. The number of fused-ring (bicyclic) bond motifs is 1. The van der Waals surface area contributed by atoms with Crippen LogP contribution in [0.4, 0.5) is 0 Å². The predicted molar refractivity (Wildman–Crippen MR) is 98.7 cm³/mol. The Labute approximate surface area is 163 Å². The van der Waals surface area contributed by atoms with Crippen molar-refractivity contribution >= 4 is 40.9 Å². The molecule has 2 aliphatic rings. The first-order chi connectivity index (χ1) is 12.9. The number of carboxylic acid groups (broad SMARTS) is 1. The van der Waals surface area contributed by atoms with E-state index >= 15 is 0 Å². The van der Waals surface area contributed by atoms with Gasteiger partial charge in [0, 0.05) is 17.7 Å². The summed E-state index contributed by atoms with van der Waals surface area (Å²) in [6.45, 7) is -0.0361. The lowest BCUT2D eigenvalue weighted by Crippen LogP contribution is -2.80. The Hall–Kier alpha value is -1.92. The molecule has 3 rings (SSSR count). The van der Waals surface area contributed by atoms with Crippen LogP contribution in [0, 0.1) is 0 Å². The lowest BCUT2D eigenvalue weighted by Gasteiger charge is -2.55. The molecule has 3 heterocycles. The van der Waals surface area contributed by atoms with Crippen molar-refractivity contribution < 1.29 is 29.0 Å². The average Bonchev–Trinajstić information content (AvgIpc) is 3.15. The molecule has 27 heavy (non-hydrogen) atoms. The molecule has 1 saturated heterocycles. The van der Waals surface area contributed by atoms with Crippen LogP contribution in [0.15, 0.2) is 28.8 Å². The molecule has 4 N–H and O–H groups in total. The fourth-order valence-electron chi connectivity index (χ4n) is 3.06. The molecule has 1 aromatic heterocycles. The van der Waals surface area contributed by atoms with Crippen LogP contribution in [-0.2, 0) is 30.3 Å². The van der Waals surface area contributed by atoms with E-state index in [0.717, 1.165) is 9.78 Å². The van der Waals surface area contributed by atoms with Gasteiger partial charge in [0.25, 0.3) is 11.6 Å². The predicted octanol–water partition coefficient (Wildman–Crippen LogP) is -0.0639. The number of hydrogen-bond acceptors (Lipinski definition) is 8. The maximum Gasteiger partial charge on any atom is 0.352 e. The van der Waals surface area contributed by atoms with Crippen molar-refractivity contribution in [1.29, 1.82) is 0 Å². The monoisotopic (exact) mass is 413 g/mol. The number of rotatable bonds is 8. The van der Waals surface area contributed by atoms with E-state index in [0.29, 0.717) is 11.3 Å². The highest BCUT2D eigenvalue weighted by Gasteiger charge is 2.66. The van der Waals surface area contributed by atoms with Crippen molar-refractivity contribution in [2.24, 2.45) is 5.73 Å². The van der Waals surface area contributed by atoms with Crippen LogP contribution in [0.5, 0.6) is 0 Å². The zero-order valence-electron chi connectivity index (χ0n) is 14.5. The number of aliphatic carboxylic acids is 1. The van der Waals surface area contributed by atoms with Gasteiger partial charge in [-0.2, -0.15) is 0 Å². The summed E-state index contributed by atoms with van der Waals surface area (Å²) in [6.07, 6.45) is 0.116. The molecule has 1 fully saturated rings. The van der Waals surface area contributed by atoms with Crippen molar-refractivity contribution in [2.75, 3.05) is 26.2 Å². The lowest BCUT2D eigenvalue weighted by molar-refractivity contribution is -0.192. The number of carbonyl (C=O) groups is 3. The second-order valence-corrected chi connectivity index (χ2v) is 7.96. The Morgan fingerprint density at radius 1 is 1.52 bits per heavy atom. The number of amides is 2. The van der Waals surface area contributed by atoms with Gasteiger partial charge in [-0.1, -0.05) is 6.07 Å². The fraction of sp³-hybridized carbons (Fsp3) is 0.438. The van der Waals surface area contributed by atoms with E-state index in [2.05, 4.69) is 5.32 Å². The number of thioether (sulfide) groups is 1. The Morgan fingerprint density at radius 2 is 2.30 bits per heavy atom. The summed E-state index contributed by atoms with van der Waals surface area (Å²) in [5, 5.41) is 13.4. The summed E-state index contributed by atoms with van der Waals surface area (Å²) in [5.41, 5.74) is 4.03. The van der Waals surface area contributed by atoms with E-state index in [1.165, 1.54) is 30.2 Å². The molecule has 1 aromatic rings. The second-order valence-electron chi connectivity index (χ2n) is 5.86. The van der Waals surface area contributed by atoms with Crippen LogP contribution in [-0.4, -0.2) is 65.1 Å². The third kappa shape index (κ3) is 3.48. The lowest BCUT2D eigenvalue weighted by atomic mass is 9.98. The van der Waals surface area contributed by atoms with Gasteiger partial charge in [0.05, 0.1) is 19.8 Å². The quantitative estimate of drug-likeness (QED) is 0.399. The number of hydrogen-bond donors (Lipinski definition) is 3. The number of nitrogens with one attached hydrogen (secondary N) is 1. The van der Waals surface area contributed by atoms with Gasteiger partial charge in [-0.05, 0) is 17.0 Å². The van der Waals surface area contributed by atoms with E-state index in [9.17, 15) is 19.5 Å². The molecule has 11 heteroatoms. The number of nitrogens with zero attached hydrogens (tertiary/aromatic N) is 1. The Morgan fingerprint density at radius 3 is 2.89 bits per heavy atom. The Bertz CT molecular complexity index is 781. The van der Waals surface area contributed by atoms with Gasteiger partial charge in [-0.15, -0.1) is 23.1 Å². The number of thiophene rings is 1. The number of ether oxygens (including phenoxy) is 2. The largest absolute Gasteiger partial charge is 0.477 e. The number of methoxy groups -OCH3 is 1. The maximum atomic E-state index is 12.8. The third-order valence-corrected chi connectivity index (χ3v) is 6.52. The normalized spacial score (nSPS) is 24.4. The number of nitrogens with two attached hydrogens (primary N) is 1. The van der Waals surface area contributed by atoms with Gasteiger partial charge in [0.15, 0.2) is 0 Å². The minimum absolute atomic E-state index is 0.0202. The highest BCUT2D eigenvalue weighted by molar-refractivity contribution is 8.00. The van der Waals surface area contributed by atoms with Crippen LogP contribution in [0.2, 0.25) is 0 Å². The molecule has 2 amide bonds. The number of carboxylic acids is 1. The first-order valence-corrected chi connectivity index (χ1v) is 9.94. The first kappa shape index (κ1) is 19.8. The molecule has 0 saturated carbocycles. The van der Waals surface area contributed by atoms with Gasteiger partial charge in [-0.3, -0.25) is 14.5 Å². The third-order valence-electron chi connectivity index (χ3n) is 4.27. The molecular formula is C16H19N3O6S2. The number of carbonyl (C=O) groups excluding carboxylic acids is 2. The van der Waals surface area contributed by atoms with Gasteiger partial charge in [-0.25, -0.2) is 4.79 Å². The molecule has 2 aliphatic heterocycles. The van der Waals surface area contributed by atoms with E-state index in [1.54, 1.807) is 0 Å². The zero-order chi connectivity index (χ0) is 19.6. The van der Waals surface area contributed by atoms with E-state index in [1.807, 2.05) is 17.5 Å². The van der Waals surface area contributed by atoms with E-state index < -0.39 is 23.0 Å². The molecular weight excluding hydrogens is 394 g/mol. The molecule has 146 valence electrons.